The molecule has 0 saturated heterocycles. The molecule has 162 valence electrons. The summed E-state index contributed by atoms with van der Waals surface area (Å²) < 4.78 is 6.89. The molecule has 0 spiro atoms. The molecule has 4 rings (SSSR count). The van der Waals surface area contributed by atoms with Crippen LogP contribution in [0.4, 0.5) is 0 Å². The molecule has 0 bridgehead atoms. The highest BCUT2D eigenvalue weighted by molar-refractivity contribution is 5.93. The van der Waals surface area contributed by atoms with Crippen LogP contribution in [-0.2, 0) is 6.54 Å². The number of hydrogen-bond acceptors (Lipinski definition) is 5. The van der Waals surface area contributed by atoms with E-state index in [1.165, 1.54) is 17.0 Å². The quantitative estimate of drug-likeness (QED) is 0.448. The molecule has 2 aromatic carbocycles. The Bertz CT molecular complexity index is 1250. The Morgan fingerprint density at radius 3 is 2.50 bits per heavy atom. The third kappa shape index (κ3) is 4.92. The molecule has 2 heterocycles. The summed E-state index contributed by atoms with van der Waals surface area (Å²) in [6, 6.07) is 20.2. The molecular weight excluding hydrogens is 406 g/mol. The fourth-order valence-corrected chi connectivity index (χ4v) is 3.22. The number of aromatic nitrogens is 4. The fraction of sp³-hybridized carbons (Fsp3) is 0.167. The van der Waals surface area contributed by atoms with Gasteiger partial charge in [0.25, 0.3) is 11.5 Å². The summed E-state index contributed by atoms with van der Waals surface area (Å²) in [5.74, 6) is 0.486. The molecule has 8 heteroatoms. The zero-order chi connectivity index (χ0) is 22.3. The minimum absolute atomic E-state index is 0.189. The molecule has 0 radical (unpaired) electrons. The molecule has 0 aliphatic rings. The second-order valence-corrected chi connectivity index (χ2v) is 7.05. The molecule has 0 saturated carbocycles. The second kappa shape index (κ2) is 9.74. The molecule has 0 aliphatic heterocycles. The van der Waals surface area contributed by atoms with Crippen LogP contribution in [0.25, 0.3) is 22.5 Å². The first-order valence-electron chi connectivity index (χ1n) is 10.3. The zero-order valence-corrected chi connectivity index (χ0v) is 17.6. The van der Waals surface area contributed by atoms with Crippen molar-refractivity contribution in [3.05, 3.63) is 89.1 Å². The van der Waals surface area contributed by atoms with Crippen molar-refractivity contribution in [2.45, 2.75) is 13.5 Å². The van der Waals surface area contributed by atoms with Crippen LogP contribution in [0.2, 0.25) is 0 Å². The van der Waals surface area contributed by atoms with Crippen molar-refractivity contribution in [2.75, 3.05) is 13.2 Å². The normalized spacial score (nSPS) is 10.7. The van der Waals surface area contributed by atoms with Gasteiger partial charge in [0.1, 0.15) is 11.4 Å². The maximum absolute atomic E-state index is 12.5. The molecule has 0 unspecified atom stereocenters. The van der Waals surface area contributed by atoms with Crippen LogP contribution in [0.5, 0.6) is 5.75 Å². The van der Waals surface area contributed by atoms with Crippen LogP contribution in [0.15, 0.2) is 77.9 Å². The number of nitrogens with zero attached hydrogens (tertiary/aromatic N) is 3. The van der Waals surface area contributed by atoms with Crippen molar-refractivity contribution in [1.82, 2.24) is 25.1 Å². The van der Waals surface area contributed by atoms with Gasteiger partial charge in [-0.3, -0.25) is 19.3 Å². The van der Waals surface area contributed by atoms with Crippen LogP contribution in [0, 0.1) is 0 Å². The third-order valence-electron chi connectivity index (χ3n) is 4.87. The number of ether oxygens (including phenoxy) is 1. The standard InChI is InChI=1S/C24H23N5O3/c1-2-32-19-10-8-18(9-11-19)20-15-23(30)29(16-26-20)13-12-25-24(31)22-14-21(27-28-22)17-6-4-3-5-7-17/h3-11,14-16H,2,12-13H2,1H3,(H,25,31)(H,27,28). The van der Waals surface area contributed by atoms with E-state index in [1.54, 1.807) is 6.07 Å². The van der Waals surface area contributed by atoms with E-state index in [1.807, 2.05) is 61.5 Å². The Labute approximate surface area is 184 Å². The molecule has 8 nitrogen and oxygen atoms in total. The first-order valence-corrected chi connectivity index (χ1v) is 10.3. The number of aromatic amines is 1. The molecular formula is C24H23N5O3. The Morgan fingerprint density at radius 2 is 1.78 bits per heavy atom. The molecule has 32 heavy (non-hydrogen) atoms. The Balaban J connectivity index is 1.34. The van der Waals surface area contributed by atoms with Gasteiger partial charge in [-0.25, -0.2) is 4.98 Å². The lowest BCUT2D eigenvalue weighted by Gasteiger charge is -2.08. The first kappa shape index (κ1) is 21.0. The second-order valence-electron chi connectivity index (χ2n) is 7.05. The number of carbonyl (C=O) groups excluding carboxylic acids is 1. The predicted octanol–water partition coefficient (Wildman–Crippen LogP) is 3.13. The number of nitrogens with one attached hydrogen (secondary N) is 2. The van der Waals surface area contributed by atoms with Gasteiger partial charge in [0, 0.05) is 30.3 Å². The van der Waals surface area contributed by atoms with Crippen molar-refractivity contribution >= 4 is 5.91 Å². The number of hydrogen-bond donors (Lipinski definition) is 2. The average molecular weight is 429 g/mol. The molecule has 2 N–H and O–H groups in total. The van der Waals surface area contributed by atoms with Gasteiger partial charge in [0.2, 0.25) is 0 Å². The van der Waals surface area contributed by atoms with E-state index in [4.69, 9.17) is 4.74 Å². The van der Waals surface area contributed by atoms with E-state index in [2.05, 4.69) is 20.5 Å². The molecule has 2 aromatic heterocycles. The molecule has 1 amide bonds. The highest BCUT2D eigenvalue weighted by Crippen LogP contribution is 2.19. The van der Waals surface area contributed by atoms with Gasteiger partial charge in [-0.2, -0.15) is 5.10 Å². The monoisotopic (exact) mass is 429 g/mol. The van der Waals surface area contributed by atoms with Crippen LogP contribution in [-0.4, -0.2) is 38.8 Å². The summed E-state index contributed by atoms with van der Waals surface area (Å²) in [4.78, 5) is 29.2. The molecule has 4 aromatic rings. The van der Waals surface area contributed by atoms with E-state index in [0.717, 1.165) is 16.9 Å². The van der Waals surface area contributed by atoms with E-state index in [-0.39, 0.29) is 18.0 Å². The topological polar surface area (TPSA) is 102 Å². The lowest BCUT2D eigenvalue weighted by atomic mass is 10.1. The lowest BCUT2D eigenvalue weighted by molar-refractivity contribution is 0.0947. The van der Waals surface area contributed by atoms with E-state index in [9.17, 15) is 9.59 Å². The number of benzene rings is 2. The summed E-state index contributed by atoms with van der Waals surface area (Å²) in [5, 5.41) is 9.73. The van der Waals surface area contributed by atoms with Gasteiger partial charge in [-0.05, 0) is 37.3 Å². The van der Waals surface area contributed by atoms with Crippen LogP contribution in [0.1, 0.15) is 17.4 Å². The van der Waals surface area contributed by atoms with E-state index in [0.29, 0.717) is 30.2 Å². The zero-order valence-electron chi connectivity index (χ0n) is 17.6. The van der Waals surface area contributed by atoms with Gasteiger partial charge in [0.05, 0.1) is 24.3 Å². The maximum Gasteiger partial charge on any atom is 0.269 e. The smallest absolute Gasteiger partial charge is 0.269 e. The van der Waals surface area contributed by atoms with E-state index >= 15 is 0 Å². The summed E-state index contributed by atoms with van der Waals surface area (Å²) >= 11 is 0. The Kier molecular flexibility index (Phi) is 6.41. The number of H-pyrrole nitrogens is 1. The number of rotatable bonds is 8. The van der Waals surface area contributed by atoms with Gasteiger partial charge < -0.3 is 10.1 Å². The number of amides is 1. The predicted molar refractivity (Wildman–Crippen MR) is 121 cm³/mol. The largest absolute Gasteiger partial charge is 0.494 e. The van der Waals surface area contributed by atoms with Crippen LogP contribution in [0.3, 0.4) is 0 Å². The van der Waals surface area contributed by atoms with Crippen molar-refractivity contribution in [3.8, 4) is 28.3 Å². The van der Waals surface area contributed by atoms with Gasteiger partial charge >= 0.3 is 0 Å². The van der Waals surface area contributed by atoms with Gasteiger partial charge in [-0.1, -0.05) is 30.3 Å². The van der Waals surface area contributed by atoms with Gasteiger partial charge in [-0.15, -0.1) is 0 Å². The van der Waals surface area contributed by atoms with Gasteiger partial charge in [0.15, 0.2) is 0 Å². The van der Waals surface area contributed by atoms with E-state index < -0.39 is 0 Å². The highest BCUT2D eigenvalue weighted by Gasteiger charge is 2.11. The highest BCUT2D eigenvalue weighted by atomic mass is 16.5. The van der Waals surface area contributed by atoms with Crippen molar-refractivity contribution in [2.24, 2.45) is 0 Å². The SMILES string of the molecule is CCOc1ccc(-c2cc(=O)n(CCNC(=O)c3cc(-c4ccccc4)n[nH]3)cn2)cc1. The Hall–Kier alpha value is -4.20. The fourth-order valence-electron chi connectivity index (χ4n) is 3.22. The van der Waals surface area contributed by atoms with Crippen molar-refractivity contribution < 1.29 is 9.53 Å². The molecule has 0 aliphatic carbocycles. The summed E-state index contributed by atoms with van der Waals surface area (Å²) in [7, 11) is 0. The van der Waals surface area contributed by atoms with Crippen LogP contribution >= 0.6 is 0 Å². The maximum atomic E-state index is 12.5. The minimum Gasteiger partial charge on any atom is -0.494 e. The summed E-state index contributed by atoms with van der Waals surface area (Å²) in [6.07, 6.45) is 1.49. The van der Waals surface area contributed by atoms with Crippen molar-refractivity contribution in [1.29, 1.82) is 0 Å². The van der Waals surface area contributed by atoms with Crippen molar-refractivity contribution in [3.63, 3.8) is 0 Å². The molecule has 0 fully saturated rings. The first-order chi connectivity index (χ1) is 15.6. The Morgan fingerprint density at radius 1 is 1.03 bits per heavy atom. The summed E-state index contributed by atoms with van der Waals surface area (Å²) in [6.45, 7) is 3.11. The average Bonchev–Trinajstić information content (AvgIpc) is 3.32. The summed E-state index contributed by atoms with van der Waals surface area (Å²) in [5.41, 5.74) is 3.21. The lowest BCUT2D eigenvalue weighted by Crippen LogP contribution is -2.31. The third-order valence-corrected chi connectivity index (χ3v) is 4.87. The molecule has 0 atom stereocenters. The van der Waals surface area contributed by atoms with Crippen LogP contribution < -0.4 is 15.6 Å². The number of carbonyl (C=O) groups is 1. The minimum atomic E-state index is -0.285.